The summed E-state index contributed by atoms with van der Waals surface area (Å²) >= 11 is 0. The highest BCUT2D eigenvalue weighted by molar-refractivity contribution is 6.00. The predicted molar refractivity (Wildman–Crippen MR) is 238 cm³/mol. The van der Waals surface area contributed by atoms with Crippen LogP contribution in [0.25, 0.3) is 0 Å². The molecule has 0 atom stereocenters. The molecule has 4 rings (SSSR count). The minimum atomic E-state index is 0.0879. The number of anilines is 2. The normalized spacial score (nSPS) is 13.2. The van der Waals surface area contributed by atoms with Gasteiger partial charge in [-0.1, -0.05) is 102 Å². The summed E-state index contributed by atoms with van der Waals surface area (Å²) in [6.07, 6.45) is 22.6. The van der Waals surface area contributed by atoms with Gasteiger partial charge in [-0.3, -0.25) is 19.2 Å². The Balaban J connectivity index is 0.884. The number of benzene rings is 2. The van der Waals surface area contributed by atoms with Gasteiger partial charge >= 0.3 is 0 Å². The third-order valence-corrected chi connectivity index (χ3v) is 11.7. The summed E-state index contributed by atoms with van der Waals surface area (Å²) < 4.78 is 0. The number of fused-ring (bicyclic) bond motifs is 2. The summed E-state index contributed by atoms with van der Waals surface area (Å²) in [7, 11) is 0. The van der Waals surface area contributed by atoms with Crippen LogP contribution in [0, 0.1) is 0 Å². The Hall–Kier alpha value is -3.76. The maximum absolute atomic E-state index is 12.4. The number of carbonyl (C=O) groups is 4. The van der Waals surface area contributed by atoms with E-state index in [-0.39, 0.29) is 23.6 Å². The van der Waals surface area contributed by atoms with Gasteiger partial charge in [-0.25, -0.2) is 0 Å². The molecule has 2 aromatic carbocycles. The molecule has 10 nitrogen and oxygen atoms in total. The van der Waals surface area contributed by atoms with Crippen LogP contribution in [0.1, 0.15) is 152 Å². The van der Waals surface area contributed by atoms with Crippen LogP contribution in [0.4, 0.5) is 11.4 Å². The molecule has 2 aliphatic rings. The van der Waals surface area contributed by atoms with Crippen LogP contribution in [-0.2, 0) is 44.9 Å². The van der Waals surface area contributed by atoms with E-state index in [0.717, 1.165) is 139 Å². The summed E-state index contributed by atoms with van der Waals surface area (Å²) in [5, 5.41) is 12.2. The van der Waals surface area contributed by atoms with Crippen molar-refractivity contribution < 1.29 is 19.2 Å². The molecule has 322 valence electrons. The fourth-order valence-electron chi connectivity index (χ4n) is 8.54. The Labute approximate surface area is 350 Å². The molecule has 0 spiro atoms. The molecule has 10 heteroatoms. The van der Waals surface area contributed by atoms with Crippen LogP contribution in [0.3, 0.4) is 0 Å². The Bertz CT molecular complexity index is 1430. The monoisotopic (exact) mass is 801 g/mol. The number of hydrogen-bond acceptors (Lipinski definition) is 6. The summed E-state index contributed by atoms with van der Waals surface area (Å²) in [6, 6.07) is 12.3. The second-order valence-electron chi connectivity index (χ2n) is 16.7. The van der Waals surface area contributed by atoms with Gasteiger partial charge in [-0.05, 0) is 112 Å². The number of nitrogens with one attached hydrogen (secondary N) is 4. The second kappa shape index (κ2) is 27.8. The van der Waals surface area contributed by atoms with E-state index in [0.29, 0.717) is 25.7 Å². The van der Waals surface area contributed by atoms with Gasteiger partial charge in [0.15, 0.2) is 0 Å². The Morgan fingerprint density at radius 3 is 1.28 bits per heavy atom. The number of unbranched alkanes of at least 4 members (excludes halogenated alkanes) is 11. The van der Waals surface area contributed by atoms with Gasteiger partial charge in [0.1, 0.15) is 0 Å². The van der Waals surface area contributed by atoms with Crippen LogP contribution in [-0.4, -0.2) is 85.8 Å². The molecular formula is C48H76N6O4. The zero-order valence-corrected chi connectivity index (χ0v) is 36.2. The minimum absolute atomic E-state index is 0.0879. The molecule has 2 aromatic rings. The van der Waals surface area contributed by atoms with Crippen LogP contribution in [0.2, 0.25) is 0 Å². The van der Waals surface area contributed by atoms with Crippen LogP contribution >= 0.6 is 0 Å². The van der Waals surface area contributed by atoms with Crippen LogP contribution < -0.4 is 21.3 Å². The van der Waals surface area contributed by atoms with E-state index < -0.39 is 0 Å². The first kappa shape index (κ1) is 46.9. The van der Waals surface area contributed by atoms with E-state index in [2.05, 4.69) is 57.0 Å². The van der Waals surface area contributed by atoms with Crippen molar-refractivity contribution in [1.29, 1.82) is 0 Å². The quantitative estimate of drug-likeness (QED) is 0.0539. The first-order valence-corrected chi connectivity index (χ1v) is 23.2. The molecule has 0 bridgehead atoms. The van der Waals surface area contributed by atoms with Gasteiger partial charge in [0, 0.05) is 50.4 Å². The van der Waals surface area contributed by atoms with Crippen molar-refractivity contribution in [1.82, 2.24) is 20.4 Å². The first-order chi connectivity index (χ1) is 28.4. The molecule has 0 unspecified atom stereocenters. The third kappa shape index (κ3) is 18.0. The highest BCUT2D eigenvalue weighted by Gasteiger charge is 2.22. The largest absolute Gasteiger partial charge is 0.356 e. The Kier molecular flexibility index (Phi) is 22.5. The molecule has 0 saturated heterocycles. The fraction of sp³-hybridized carbons (Fsp3) is 0.667. The summed E-state index contributed by atoms with van der Waals surface area (Å²) in [5.74, 6) is 0.541. The van der Waals surface area contributed by atoms with Crippen molar-refractivity contribution >= 4 is 35.0 Å². The van der Waals surface area contributed by atoms with Gasteiger partial charge < -0.3 is 31.1 Å². The van der Waals surface area contributed by atoms with Crippen molar-refractivity contribution in [2.24, 2.45) is 0 Å². The Morgan fingerprint density at radius 2 is 0.897 bits per heavy atom. The zero-order chi connectivity index (χ0) is 41.2. The number of hydrogen-bond donors (Lipinski definition) is 4. The van der Waals surface area contributed by atoms with Crippen molar-refractivity contribution in [2.45, 2.75) is 155 Å². The molecule has 0 fully saturated rings. The molecule has 0 aromatic heterocycles. The number of nitrogens with zero attached hydrogens (tertiary/aromatic N) is 2. The number of amides is 4. The first-order valence-electron chi connectivity index (χ1n) is 23.2. The van der Waals surface area contributed by atoms with Gasteiger partial charge in [-0.15, -0.1) is 0 Å². The molecule has 0 aliphatic carbocycles. The SMILES string of the molecule is CCCN(CCCNC(=O)CCCCCCCCCCCCCCC(=O)NCCCN(CCC)CCc1cccc2c1CC(=O)N2)CCc1cccc2c1CC(=O)N2. The van der Waals surface area contributed by atoms with Gasteiger partial charge in [0.05, 0.1) is 12.8 Å². The van der Waals surface area contributed by atoms with Crippen molar-refractivity contribution in [3.8, 4) is 0 Å². The van der Waals surface area contributed by atoms with Crippen LogP contribution in [0.15, 0.2) is 36.4 Å². The second-order valence-corrected chi connectivity index (χ2v) is 16.7. The lowest BCUT2D eigenvalue weighted by molar-refractivity contribution is -0.122. The molecule has 0 saturated carbocycles. The van der Waals surface area contributed by atoms with Gasteiger partial charge in [0.2, 0.25) is 23.6 Å². The lowest BCUT2D eigenvalue weighted by Crippen LogP contribution is -2.32. The molecule has 0 radical (unpaired) electrons. The predicted octanol–water partition coefficient (Wildman–Crippen LogP) is 8.36. The molecule has 2 aliphatic heterocycles. The average molecular weight is 801 g/mol. The van der Waals surface area contributed by atoms with E-state index in [4.69, 9.17) is 0 Å². The molecule has 4 amide bonds. The third-order valence-electron chi connectivity index (χ3n) is 11.7. The smallest absolute Gasteiger partial charge is 0.228 e. The van der Waals surface area contributed by atoms with Gasteiger partial charge in [0.25, 0.3) is 0 Å². The Morgan fingerprint density at radius 1 is 0.517 bits per heavy atom. The number of rotatable bonds is 33. The van der Waals surface area contributed by atoms with Crippen molar-refractivity contribution in [2.75, 3.05) is 63.0 Å². The van der Waals surface area contributed by atoms with E-state index in [1.54, 1.807) is 0 Å². The highest BCUT2D eigenvalue weighted by atomic mass is 16.2. The number of carbonyl (C=O) groups excluding carboxylic acids is 4. The lowest BCUT2D eigenvalue weighted by atomic mass is 10.0. The summed E-state index contributed by atoms with van der Waals surface area (Å²) in [4.78, 5) is 53.4. The maximum atomic E-state index is 12.4. The van der Waals surface area contributed by atoms with E-state index in [1.165, 1.54) is 62.5 Å². The minimum Gasteiger partial charge on any atom is -0.356 e. The fourth-order valence-corrected chi connectivity index (χ4v) is 8.54. The zero-order valence-electron chi connectivity index (χ0n) is 36.2. The molecule has 2 heterocycles. The maximum Gasteiger partial charge on any atom is 0.228 e. The molecule has 58 heavy (non-hydrogen) atoms. The molecular weight excluding hydrogens is 725 g/mol. The highest BCUT2D eigenvalue weighted by Crippen LogP contribution is 2.28. The van der Waals surface area contributed by atoms with E-state index in [9.17, 15) is 19.2 Å². The average Bonchev–Trinajstić information content (AvgIpc) is 3.80. The van der Waals surface area contributed by atoms with Gasteiger partial charge in [-0.2, -0.15) is 0 Å². The van der Waals surface area contributed by atoms with Crippen molar-refractivity contribution in [3.05, 3.63) is 58.7 Å². The summed E-state index contributed by atoms with van der Waals surface area (Å²) in [5.41, 5.74) is 6.79. The summed E-state index contributed by atoms with van der Waals surface area (Å²) in [6.45, 7) is 11.9. The van der Waals surface area contributed by atoms with E-state index in [1.807, 2.05) is 24.3 Å². The van der Waals surface area contributed by atoms with E-state index >= 15 is 0 Å². The topological polar surface area (TPSA) is 123 Å². The standard InChI is InChI=1S/C48H76N6O4/c1-3-31-53(35-27-39-21-17-23-43-41(39)37-47(57)51-43)33-19-29-49-45(55)25-15-13-11-9-7-5-6-8-10-12-14-16-26-46(56)50-30-20-34-54(32-4-2)36-28-40-22-18-24-44-42(40)38-48(58)52-44/h17-18,21-24H,3-16,19-20,25-38H2,1-2H3,(H,49,55)(H,50,56)(H,51,57)(H,52,58). The molecule has 4 N–H and O–H groups in total. The lowest BCUT2D eigenvalue weighted by Gasteiger charge is -2.22. The van der Waals surface area contributed by atoms with Crippen molar-refractivity contribution in [3.63, 3.8) is 0 Å². The van der Waals surface area contributed by atoms with Crippen LogP contribution in [0.5, 0.6) is 0 Å².